The second-order valence-corrected chi connectivity index (χ2v) is 3.03. The first-order chi connectivity index (χ1) is 7.15. The SMILES string of the molecule is Cc1cc(NC(=O)c2n[nH]c(C)n2)on1. The molecule has 0 spiro atoms. The van der Waals surface area contributed by atoms with Crippen LogP contribution in [0.25, 0.3) is 0 Å². The average Bonchev–Trinajstić information content (AvgIpc) is 2.75. The van der Waals surface area contributed by atoms with E-state index in [0.717, 1.165) is 0 Å². The minimum atomic E-state index is -0.435. The van der Waals surface area contributed by atoms with Gasteiger partial charge in [0.2, 0.25) is 11.7 Å². The van der Waals surface area contributed by atoms with E-state index >= 15 is 0 Å². The first-order valence-electron chi connectivity index (χ1n) is 4.29. The van der Waals surface area contributed by atoms with Crippen LogP contribution in [0.5, 0.6) is 0 Å². The first-order valence-corrected chi connectivity index (χ1v) is 4.29. The van der Waals surface area contributed by atoms with E-state index in [1.165, 1.54) is 0 Å². The molecule has 0 saturated heterocycles. The van der Waals surface area contributed by atoms with Gasteiger partial charge in [-0.3, -0.25) is 15.2 Å². The fourth-order valence-electron chi connectivity index (χ4n) is 1.03. The molecule has 2 heterocycles. The predicted octanol–water partition coefficient (Wildman–Crippen LogP) is 0.662. The molecule has 15 heavy (non-hydrogen) atoms. The molecule has 2 aromatic heterocycles. The van der Waals surface area contributed by atoms with E-state index in [1.807, 2.05) is 0 Å². The molecular weight excluding hydrogens is 198 g/mol. The lowest BCUT2D eigenvalue weighted by Crippen LogP contribution is -2.13. The molecule has 0 bridgehead atoms. The quantitative estimate of drug-likeness (QED) is 0.754. The van der Waals surface area contributed by atoms with Crippen LogP contribution in [0.3, 0.4) is 0 Å². The molecule has 2 N–H and O–H groups in total. The molecule has 1 amide bonds. The highest BCUT2D eigenvalue weighted by Crippen LogP contribution is 2.09. The Morgan fingerprint density at radius 1 is 1.53 bits per heavy atom. The Bertz CT molecular complexity index is 487. The number of anilines is 1. The molecule has 0 aromatic carbocycles. The number of hydrogen-bond donors (Lipinski definition) is 2. The van der Waals surface area contributed by atoms with Crippen molar-refractivity contribution in [3.8, 4) is 0 Å². The van der Waals surface area contributed by atoms with Crippen LogP contribution in [0.2, 0.25) is 0 Å². The van der Waals surface area contributed by atoms with Crippen LogP contribution < -0.4 is 5.32 Å². The van der Waals surface area contributed by atoms with E-state index in [4.69, 9.17) is 4.52 Å². The molecule has 78 valence electrons. The lowest BCUT2D eigenvalue weighted by molar-refractivity contribution is 0.101. The van der Waals surface area contributed by atoms with E-state index in [-0.39, 0.29) is 11.7 Å². The fraction of sp³-hybridized carbons (Fsp3) is 0.250. The summed E-state index contributed by atoms with van der Waals surface area (Å²) in [5.41, 5.74) is 0.691. The molecule has 0 fully saturated rings. The highest BCUT2D eigenvalue weighted by molar-refractivity contribution is 6.00. The summed E-state index contributed by atoms with van der Waals surface area (Å²) in [5.74, 6) is 0.492. The number of aromatic amines is 1. The summed E-state index contributed by atoms with van der Waals surface area (Å²) in [7, 11) is 0. The Balaban J connectivity index is 2.10. The first kappa shape index (κ1) is 9.38. The molecule has 7 heteroatoms. The number of carbonyl (C=O) groups excluding carboxylic acids is 1. The Morgan fingerprint density at radius 3 is 2.87 bits per heavy atom. The maximum Gasteiger partial charge on any atom is 0.297 e. The standard InChI is InChI=1S/C8H9N5O2/c1-4-3-6(15-13-4)10-8(14)7-9-5(2)11-12-7/h3H,1-2H3,(H,10,14)(H,9,11,12). The van der Waals surface area contributed by atoms with Crippen molar-refractivity contribution >= 4 is 11.8 Å². The van der Waals surface area contributed by atoms with Crippen molar-refractivity contribution in [2.75, 3.05) is 5.32 Å². The maximum atomic E-state index is 11.5. The van der Waals surface area contributed by atoms with E-state index in [0.29, 0.717) is 11.5 Å². The number of H-pyrrole nitrogens is 1. The van der Waals surface area contributed by atoms with Crippen LogP contribution in [-0.4, -0.2) is 26.2 Å². The number of aryl methyl sites for hydroxylation is 2. The van der Waals surface area contributed by atoms with Crippen LogP contribution in [0.4, 0.5) is 5.88 Å². The molecule has 2 aromatic rings. The van der Waals surface area contributed by atoms with Gasteiger partial charge in [0.1, 0.15) is 5.82 Å². The van der Waals surface area contributed by atoms with E-state index in [9.17, 15) is 4.79 Å². The van der Waals surface area contributed by atoms with Crippen LogP contribution in [0, 0.1) is 13.8 Å². The maximum absolute atomic E-state index is 11.5. The zero-order valence-corrected chi connectivity index (χ0v) is 8.24. The van der Waals surface area contributed by atoms with E-state index < -0.39 is 5.91 Å². The minimum Gasteiger partial charge on any atom is -0.338 e. The van der Waals surface area contributed by atoms with Gasteiger partial charge in [0, 0.05) is 6.07 Å². The van der Waals surface area contributed by atoms with Gasteiger partial charge in [-0.2, -0.15) is 0 Å². The zero-order chi connectivity index (χ0) is 10.8. The minimum absolute atomic E-state index is 0.0709. The molecule has 0 unspecified atom stereocenters. The zero-order valence-electron chi connectivity index (χ0n) is 8.24. The molecule has 0 saturated carbocycles. The Kier molecular flexibility index (Phi) is 2.20. The van der Waals surface area contributed by atoms with Gasteiger partial charge in [0.25, 0.3) is 5.91 Å². The van der Waals surface area contributed by atoms with Crippen LogP contribution in [-0.2, 0) is 0 Å². The van der Waals surface area contributed by atoms with Crippen molar-refractivity contribution in [3.63, 3.8) is 0 Å². The molecular formula is C8H9N5O2. The number of carbonyl (C=O) groups is 1. The van der Waals surface area contributed by atoms with Gasteiger partial charge < -0.3 is 4.52 Å². The van der Waals surface area contributed by atoms with Gasteiger partial charge in [0.05, 0.1) is 5.69 Å². The third-order valence-electron chi connectivity index (χ3n) is 1.67. The number of rotatable bonds is 2. The number of hydrogen-bond acceptors (Lipinski definition) is 5. The summed E-state index contributed by atoms with van der Waals surface area (Å²) in [4.78, 5) is 15.4. The summed E-state index contributed by atoms with van der Waals surface area (Å²) in [6.45, 7) is 3.47. The smallest absolute Gasteiger partial charge is 0.297 e. The summed E-state index contributed by atoms with van der Waals surface area (Å²) in [5, 5.41) is 12.4. The van der Waals surface area contributed by atoms with Crippen molar-refractivity contribution in [2.45, 2.75) is 13.8 Å². The van der Waals surface area contributed by atoms with Gasteiger partial charge in [-0.05, 0) is 13.8 Å². The number of amides is 1. The Labute approximate surface area is 84.9 Å². The molecule has 2 rings (SSSR count). The second-order valence-electron chi connectivity index (χ2n) is 3.03. The fourth-order valence-corrected chi connectivity index (χ4v) is 1.03. The van der Waals surface area contributed by atoms with Gasteiger partial charge in [-0.15, -0.1) is 5.10 Å². The highest BCUT2D eigenvalue weighted by Gasteiger charge is 2.13. The second kappa shape index (κ2) is 3.52. The molecule has 0 aliphatic carbocycles. The number of aromatic nitrogens is 4. The molecule has 0 aliphatic rings. The van der Waals surface area contributed by atoms with Crippen molar-refractivity contribution in [1.82, 2.24) is 20.3 Å². The number of nitrogens with zero attached hydrogens (tertiary/aromatic N) is 3. The van der Waals surface area contributed by atoms with Crippen molar-refractivity contribution < 1.29 is 9.32 Å². The summed E-state index contributed by atoms with van der Waals surface area (Å²) < 4.78 is 4.82. The van der Waals surface area contributed by atoms with E-state index in [2.05, 4.69) is 25.7 Å². The Hall–Kier alpha value is -2.18. The van der Waals surface area contributed by atoms with Crippen LogP contribution in [0.15, 0.2) is 10.6 Å². The third kappa shape index (κ3) is 2.01. The van der Waals surface area contributed by atoms with Gasteiger partial charge in [0.15, 0.2) is 0 Å². The predicted molar refractivity (Wildman–Crippen MR) is 50.3 cm³/mol. The lowest BCUT2D eigenvalue weighted by Gasteiger charge is -1.94. The van der Waals surface area contributed by atoms with Crippen molar-refractivity contribution in [2.24, 2.45) is 0 Å². The summed E-state index contributed by atoms with van der Waals surface area (Å²) in [6.07, 6.45) is 0. The van der Waals surface area contributed by atoms with Crippen LogP contribution >= 0.6 is 0 Å². The normalized spacial score (nSPS) is 10.3. The third-order valence-corrected chi connectivity index (χ3v) is 1.67. The Morgan fingerprint density at radius 2 is 2.33 bits per heavy atom. The average molecular weight is 207 g/mol. The molecule has 0 aliphatic heterocycles. The summed E-state index contributed by atoms with van der Waals surface area (Å²) in [6, 6.07) is 1.61. The van der Waals surface area contributed by atoms with Gasteiger partial charge in [-0.1, -0.05) is 5.16 Å². The largest absolute Gasteiger partial charge is 0.338 e. The lowest BCUT2D eigenvalue weighted by atomic mass is 10.4. The molecule has 0 atom stereocenters. The van der Waals surface area contributed by atoms with Gasteiger partial charge in [-0.25, -0.2) is 4.98 Å². The van der Waals surface area contributed by atoms with E-state index in [1.54, 1.807) is 19.9 Å². The topological polar surface area (TPSA) is 96.7 Å². The molecule has 0 radical (unpaired) electrons. The highest BCUT2D eigenvalue weighted by atomic mass is 16.5. The molecule has 7 nitrogen and oxygen atoms in total. The van der Waals surface area contributed by atoms with Crippen molar-refractivity contribution in [1.29, 1.82) is 0 Å². The van der Waals surface area contributed by atoms with Crippen LogP contribution in [0.1, 0.15) is 22.1 Å². The monoisotopic (exact) mass is 207 g/mol. The van der Waals surface area contributed by atoms with Gasteiger partial charge >= 0.3 is 0 Å². The van der Waals surface area contributed by atoms with Crippen molar-refractivity contribution in [3.05, 3.63) is 23.4 Å². The summed E-state index contributed by atoms with van der Waals surface area (Å²) >= 11 is 0. The number of nitrogens with one attached hydrogen (secondary N) is 2.